The normalized spacial score (nSPS) is 14.9. The molecule has 0 fully saturated rings. The van der Waals surface area contributed by atoms with Crippen LogP contribution in [0.5, 0.6) is 0 Å². The van der Waals surface area contributed by atoms with Crippen molar-refractivity contribution in [2.45, 2.75) is 32.8 Å². The number of rotatable bonds is 6. The second kappa shape index (κ2) is 7.09. The molecule has 24 heavy (non-hydrogen) atoms. The number of halogens is 2. The van der Waals surface area contributed by atoms with Crippen LogP contribution in [0.4, 0.5) is 8.78 Å². The van der Waals surface area contributed by atoms with Gasteiger partial charge in [0.15, 0.2) is 5.82 Å². The molecule has 2 N–H and O–H groups in total. The Balaban J connectivity index is 2.09. The van der Waals surface area contributed by atoms with Gasteiger partial charge in [0.2, 0.25) is 0 Å². The van der Waals surface area contributed by atoms with Crippen LogP contribution in [0.3, 0.4) is 0 Å². The highest BCUT2D eigenvalue weighted by Crippen LogP contribution is 2.19. The van der Waals surface area contributed by atoms with Crippen LogP contribution in [-0.4, -0.2) is 32.9 Å². The van der Waals surface area contributed by atoms with Gasteiger partial charge in [0.05, 0.1) is 17.4 Å². The Morgan fingerprint density at radius 3 is 2.79 bits per heavy atom. The van der Waals surface area contributed by atoms with Gasteiger partial charge in [-0.3, -0.25) is 4.79 Å². The summed E-state index contributed by atoms with van der Waals surface area (Å²) in [6.07, 6.45) is 3.42. The molecule has 1 aromatic carbocycles. The number of aliphatic hydroxyl groups is 1. The molecular formula is C17H21F2N3O2. The molecule has 1 heterocycles. The lowest BCUT2D eigenvalue weighted by atomic mass is 9.88. The van der Waals surface area contributed by atoms with Crippen LogP contribution in [-0.2, 0) is 0 Å². The molecule has 0 radical (unpaired) electrons. The number of benzene rings is 1. The van der Waals surface area contributed by atoms with E-state index in [2.05, 4.69) is 10.4 Å². The zero-order valence-corrected chi connectivity index (χ0v) is 13.9. The first-order chi connectivity index (χ1) is 11.2. The maximum absolute atomic E-state index is 13.7. The lowest BCUT2D eigenvalue weighted by molar-refractivity contribution is 0.00592. The summed E-state index contributed by atoms with van der Waals surface area (Å²) in [5.74, 6) is -1.86. The van der Waals surface area contributed by atoms with Gasteiger partial charge in [-0.05, 0) is 25.0 Å². The van der Waals surface area contributed by atoms with E-state index in [0.29, 0.717) is 0 Å². The Hall–Kier alpha value is -2.28. The number of nitrogens with zero attached hydrogens (tertiary/aromatic N) is 2. The van der Waals surface area contributed by atoms with Gasteiger partial charge in [-0.15, -0.1) is 0 Å². The lowest BCUT2D eigenvalue weighted by Crippen LogP contribution is -2.45. The summed E-state index contributed by atoms with van der Waals surface area (Å²) in [6.45, 7) is 5.62. The van der Waals surface area contributed by atoms with E-state index >= 15 is 0 Å². The van der Waals surface area contributed by atoms with Crippen molar-refractivity contribution in [1.29, 1.82) is 0 Å². The molecule has 2 atom stereocenters. The Morgan fingerprint density at radius 1 is 1.46 bits per heavy atom. The first-order valence-corrected chi connectivity index (χ1v) is 7.75. The maximum atomic E-state index is 13.7. The van der Waals surface area contributed by atoms with Crippen LogP contribution >= 0.6 is 0 Å². The second-order valence-electron chi connectivity index (χ2n) is 6.12. The fraction of sp³-hybridized carbons (Fsp3) is 0.412. The Bertz CT molecular complexity index is 728. The molecule has 2 aromatic rings. The van der Waals surface area contributed by atoms with Crippen LogP contribution in [0.1, 0.15) is 37.6 Å². The minimum Gasteiger partial charge on any atom is -0.388 e. The molecular weight excluding hydrogens is 316 g/mol. The maximum Gasteiger partial charge on any atom is 0.254 e. The molecule has 7 heteroatoms. The molecule has 0 aliphatic heterocycles. The third-order valence-electron chi connectivity index (χ3n) is 4.28. The zero-order valence-electron chi connectivity index (χ0n) is 13.9. The Labute approximate surface area is 139 Å². The van der Waals surface area contributed by atoms with Crippen LogP contribution < -0.4 is 5.32 Å². The van der Waals surface area contributed by atoms with E-state index in [1.165, 1.54) is 18.5 Å². The minimum absolute atomic E-state index is 0.0221. The molecule has 2 unspecified atom stereocenters. The molecule has 1 aromatic heterocycles. The van der Waals surface area contributed by atoms with Crippen molar-refractivity contribution in [3.63, 3.8) is 0 Å². The lowest BCUT2D eigenvalue weighted by Gasteiger charge is -2.29. The third kappa shape index (κ3) is 3.97. The largest absolute Gasteiger partial charge is 0.388 e. The van der Waals surface area contributed by atoms with Crippen molar-refractivity contribution < 1.29 is 18.7 Å². The van der Waals surface area contributed by atoms with Gasteiger partial charge in [0, 0.05) is 18.8 Å². The van der Waals surface area contributed by atoms with E-state index in [1.54, 1.807) is 6.92 Å². The molecule has 0 aliphatic rings. The van der Waals surface area contributed by atoms with Crippen molar-refractivity contribution in [3.05, 3.63) is 47.8 Å². The van der Waals surface area contributed by atoms with Crippen molar-refractivity contribution in [3.8, 4) is 5.69 Å². The topological polar surface area (TPSA) is 67.2 Å². The van der Waals surface area contributed by atoms with Gasteiger partial charge < -0.3 is 10.4 Å². The van der Waals surface area contributed by atoms with E-state index in [1.807, 2.05) is 13.8 Å². The number of amides is 1. The molecule has 0 spiro atoms. The fourth-order valence-corrected chi connectivity index (χ4v) is 2.21. The summed E-state index contributed by atoms with van der Waals surface area (Å²) in [6, 6.07) is 3.11. The number of aromatic nitrogens is 2. The van der Waals surface area contributed by atoms with Gasteiger partial charge in [-0.1, -0.05) is 20.3 Å². The van der Waals surface area contributed by atoms with Crippen molar-refractivity contribution >= 4 is 5.91 Å². The Morgan fingerprint density at radius 2 is 2.17 bits per heavy atom. The highest BCUT2D eigenvalue weighted by Gasteiger charge is 2.27. The number of nitrogens with one attached hydrogen (secondary N) is 1. The van der Waals surface area contributed by atoms with Gasteiger partial charge in [-0.2, -0.15) is 5.10 Å². The number of carbonyl (C=O) groups is 1. The van der Waals surface area contributed by atoms with Crippen LogP contribution in [0.15, 0.2) is 30.6 Å². The van der Waals surface area contributed by atoms with Crippen LogP contribution in [0.2, 0.25) is 0 Å². The Kier molecular flexibility index (Phi) is 5.33. The summed E-state index contributed by atoms with van der Waals surface area (Å²) in [5, 5.41) is 16.9. The molecule has 1 amide bonds. The van der Waals surface area contributed by atoms with E-state index in [9.17, 15) is 18.7 Å². The first kappa shape index (κ1) is 18.1. The monoisotopic (exact) mass is 337 g/mol. The van der Waals surface area contributed by atoms with Gasteiger partial charge in [0.1, 0.15) is 11.5 Å². The predicted octanol–water partition coefficient (Wildman–Crippen LogP) is 2.68. The summed E-state index contributed by atoms with van der Waals surface area (Å²) in [7, 11) is 0. The van der Waals surface area contributed by atoms with Gasteiger partial charge >= 0.3 is 0 Å². The fourth-order valence-electron chi connectivity index (χ4n) is 2.21. The number of hydrogen-bond acceptors (Lipinski definition) is 3. The highest BCUT2D eigenvalue weighted by molar-refractivity contribution is 5.93. The van der Waals surface area contributed by atoms with Gasteiger partial charge in [0.25, 0.3) is 5.91 Å². The second-order valence-corrected chi connectivity index (χ2v) is 6.12. The van der Waals surface area contributed by atoms with Crippen molar-refractivity contribution in [1.82, 2.24) is 15.1 Å². The summed E-state index contributed by atoms with van der Waals surface area (Å²) >= 11 is 0. The van der Waals surface area contributed by atoms with Crippen molar-refractivity contribution in [2.75, 3.05) is 6.54 Å². The average Bonchev–Trinajstić information content (AvgIpc) is 3.01. The molecule has 0 aliphatic carbocycles. The van der Waals surface area contributed by atoms with E-state index in [4.69, 9.17) is 0 Å². The predicted molar refractivity (Wildman–Crippen MR) is 85.9 cm³/mol. The molecule has 0 saturated carbocycles. The summed E-state index contributed by atoms with van der Waals surface area (Å²) < 4.78 is 27.9. The zero-order chi connectivity index (χ0) is 17.9. The van der Waals surface area contributed by atoms with Crippen LogP contribution in [0, 0.1) is 17.6 Å². The number of carbonyl (C=O) groups excluding carboxylic acids is 1. The average molecular weight is 337 g/mol. The van der Waals surface area contributed by atoms with E-state index in [0.717, 1.165) is 23.2 Å². The SMILES string of the molecule is CCC(C)C(C)(O)CNC(=O)c1cnn(-c2ccc(F)cc2F)c1. The molecule has 130 valence electrons. The smallest absolute Gasteiger partial charge is 0.254 e. The highest BCUT2D eigenvalue weighted by atomic mass is 19.1. The van der Waals surface area contributed by atoms with E-state index in [-0.39, 0.29) is 23.7 Å². The molecule has 0 saturated heterocycles. The molecule has 5 nitrogen and oxygen atoms in total. The first-order valence-electron chi connectivity index (χ1n) is 7.75. The van der Waals surface area contributed by atoms with Crippen LogP contribution in [0.25, 0.3) is 5.69 Å². The number of hydrogen-bond donors (Lipinski definition) is 2. The molecule has 2 rings (SSSR count). The summed E-state index contributed by atoms with van der Waals surface area (Å²) in [4.78, 5) is 12.2. The van der Waals surface area contributed by atoms with Crippen molar-refractivity contribution in [2.24, 2.45) is 5.92 Å². The van der Waals surface area contributed by atoms with E-state index < -0.39 is 23.1 Å². The summed E-state index contributed by atoms with van der Waals surface area (Å²) in [5.41, 5.74) is -0.760. The standard InChI is InChI=1S/C17H21F2N3O2/c1-4-11(2)17(3,24)10-20-16(23)12-8-21-22(9-12)15-6-5-13(18)7-14(15)19/h5-9,11,24H,4,10H2,1-3H3,(H,20,23). The minimum atomic E-state index is -1.02. The quantitative estimate of drug-likeness (QED) is 0.852. The third-order valence-corrected chi connectivity index (χ3v) is 4.28. The van der Waals surface area contributed by atoms with Gasteiger partial charge in [-0.25, -0.2) is 13.5 Å². The molecule has 0 bridgehead atoms.